The molecule has 0 amide bonds. The number of benzene rings is 1. The first kappa shape index (κ1) is 20.3. The number of unbranched alkanes of at least 4 members (excludes halogenated alkanes) is 2. The standard InChI is InChI=1S/C20H22FIN4O3/c1-12-18-19(25-20(21)23-12)26(6-4-3-5-7-27-2)17(24-18)9-13-8-15-16(10-14(13)22)29-11-28-15/h8,10H,3-7,9,11H2,1-2H3. The van der Waals surface area contributed by atoms with E-state index in [2.05, 4.69) is 32.6 Å². The number of ether oxygens (including phenoxy) is 3. The molecule has 0 bridgehead atoms. The van der Waals surface area contributed by atoms with Gasteiger partial charge in [-0.1, -0.05) is 0 Å². The monoisotopic (exact) mass is 512 g/mol. The van der Waals surface area contributed by atoms with Crippen LogP contribution in [0.15, 0.2) is 12.1 Å². The molecule has 0 spiro atoms. The van der Waals surface area contributed by atoms with E-state index in [1.807, 2.05) is 16.7 Å². The third kappa shape index (κ3) is 4.30. The molecule has 0 saturated heterocycles. The zero-order chi connectivity index (χ0) is 20.4. The van der Waals surface area contributed by atoms with Gasteiger partial charge in [-0.05, 0) is 66.5 Å². The number of hydrogen-bond donors (Lipinski definition) is 0. The Balaban J connectivity index is 1.67. The summed E-state index contributed by atoms with van der Waals surface area (Å²) in [6, 6.07) is 3.96. The van der Waals surface area contributed by atoms with Crippen molar-refractivity contribution in [2.24, 2.45) is 0 Å². The van der Waals surface area contributed by atoms with E-state index < -0.39 is 6.08 Å². The Morgan fingerprint density at radius 1 is 1.14 bits per heavy atom. The predicted octanol–water partition coefficient (Wildman–Crippen LogP) is 4.01. The summed E-state index contributed by atoms with van der Waals surface area (Å²) in [6.45, 7) is 3.45. The fourth-order valence-corrected chi connectivity index (χ4v) is 4.11. The lowest BCUT2D eigenvalue weighted by atomic mass is 10.1. The van der Waals surface area contributed by atoms with Gasteiger partial charge in [0.25, 0.3) is 0 Å². The van der Waals surface area contributed by atoms with Gasteiger partial charge < -0.3 is 18.8 Å². The molecule has 1 aliphatic heterocycles. The number of imidazole rings is 1. The third-order valence-corrected chi connectivity index (χ3v) is 5.95. The van der Waals surface area contributed by atoms with E-state index in [-0.39, 0.29) is 6.79 Å². The van der Waals surface area contributed by atoms with E-state index in [9.17, 15) is 4.39 Å². The first-order chi connectivity index (χ1) is 14.1. The summed E-state index contributed by atoms with van der Waals surface area (Å²) in [6.07, 6.45) is 2.80. The van der Waals surface area contributed by atoms with E-state index in [4.69, 9.17) is 19.2 Å². The number of nitrogens with zero attached hydrogens (tertiary/aromatic N) is 4. The van der Waals surface area contributed by atoms with Crippen LogP contribution in [-0.4, -0.2) is 40.0 Å². The first-order valence-corrected chi connectivity index (χ1v) is 10.6. The normalized spacial score (nSPS) is 12.8. The topological polar surface area (TPSA) is 71.3 Å². The van der Waals surface area contributed by atoms with Crippen molar-refractivity contribution in [3.05, 3.63) is 38.9 Å². The SMILES string of the molecule is COCCCCCn1c(Cc2cc3c(cc2I)OCO3)nc2c(C)nc(F)nc21. The highest BCUT2D eigenvalue weighted by atomic mass is 127. The second-order valence-corrected chi connectivity index (χ2v) is 8.12. The number of aromatic nitrogens is 4. The van der Waals surface area contributed by atoms with Crippen molar-refractivity contribution in [3.8, 4) is 11.5 Å². The Morgan fingerprint density at radius 3 is 2.72 bits per heavy atom. The molecule has 4 rings (SSSR count). The summed E-state index contributed by atoms with van der Waals surface area (Å²) in [5.41, 5.74) is 2.82. The maximum Gasteiger partial charge on any atom is 0.310 e. The average molecular weight is 512 g/mol. The van der Waals surface area contributed by atoms with E-state index in [1.165, 1.54) is 0 Å². The zero-order valence-electron chi connectivity index (χ0n) is 16.4. The van der Waals surface area contributed by atoms with Crippen LogP contribution in [0, 0.1) is 16.6 Å². The number of fused-ring (bicyclic) bond motifs is 2. The molecule has 0 aliphatic carbocycles. The lowest BCUT2D eigenvalue weighted by Gasteiger charge is -2.10. The van der Waals surface area contributed by atoms with Gasteiger partial charge in [0, 0.05) is 30.3 Å². The van der Waals surface area contributed by atoms with E-state index in [1.54, 1.807) is 14.0 Å². The molecule has 2 aromatic heterocycles. The number of hydrogen-bond acceptors (Lipinski definition) is 6. The van der Waals surface area contributed by atoms with Gasteiger partial charge in [-0.2, -0.15) is 9.37 Å². The largest absolute Gasteiger partial charge is 0.454 e. The minimum atomic E-state index is -0.722. The lowest BCUT2D eigenvalue weighted by molar-refractivity contribution is 0.174. The fourth-order valence-electron chi connectivity index (χ4n) is 3.48. The molecule has 0 radical (unpaired) electrons. The number of rotatable bonds is 8. The molecule has 3 heterocycles. The highest BCUT2D eigenvalue weighted by Crippen LogP contribution is 2.36. The first-order valence-electron chi connectivity index (χ1n) is 9.53. The molecule has 154 valence electrons. The maximum absolute atomic E-state index is 13.9. The van der Waals surface area contributed by atoms with Crippen molar-refractivity contribution in [1.29, 1.82) is 0 Å². The van der Waals surface area contributed by atoms with Crippen molar-refractivity contribution in [2.45, 2.75) is 39.2 Å². The van der Waals surface area contributed by atoms with Gasteiger partial charge >= 0.3 is 6.08 Å². The van der Waals surface area contributed by atoms with Crippen LogP contribution in [0.2, 0.25) is 0 Å². The van der Waals surface area contributed by atoms with Crippen LogP contribution in [0.25, 0.3) is 11.2 Å². The summed E-state index contributed by atoms with van der Waals surface area (Å²) in [5, 5.41) is 0. The number of aryl methyl sites for hydroxylation is 2. The minimum absolute atomic E-state index is 0.239. The zero-order valence-corrected chi connectivity index (χ0v) is 18.5. The van der Waals surface area contributed by atoms with E-state index in [0.29, 0.717) is 29.8 Å². The summed E-state index contributed by atoms with van der Waals surface area (Å²) in [5.74, 6) is 2.34. The second kappa shape index (κ2) is 8.78. The smallest absolute Gasteiger partial charge is 0.310 e. The Morgan fingerprint density at radius 2 is 1.93 bits per heavy atom. The Labute approximate surface area is 181 Å². The highest BCUT2D eigenvalue weighted by Gasteiger charge is 2.20. The van der Waals surface area contributed by atoms with Gasteiger partial charge in [-0.25, -0.2) is 9.97 Å². The molecular formula is C20H22FIN4O3. The maximum atomic E-state index is 13.9. The molecule has 0 fully saturated rings. The van der Waals surface area contributed by atoms with Crippen LogP contribution in [0.4, 0.5) is 4.39 Å². The van der Waals surface area contributed by atoms with Gasteiger partial charge in [0.2, 0.25) is 6.79 Å². The lowest BCUT2D eigenvalue weighted by Crippen LogP contribution is -2.07. The van der Waals surface area contributed by atoms with Crippen LogP contribution in [-0.2, 0) is 17.7 Å². The van der Waals surface area contributed by atoms with Gasteiger partial charge in [-0.3, -0.25) is 0 Å². The molecule has 7 nitrogen and oxygen atoms in total. The molecule has 0 atom stereocenters. The Kier molecular flexibility index (Phi) is 6.14. The quantitative estimate of drug-likeness (QED) is 0.258. The molecule has 0 N–H and O–H groups in total. The van der Waals surface area contributed by atoms with Gasteiger partial charge in [0.15, 0.2) is 17.1 Å². The fraction of sp³-hybridized carbons (Fsp3) is 0.450. The minimum Gasteiger partial charge on any atom is -0.454 e. The third-order valence-electron chi connectivity index (χ3n) is 4.94. The van der Waals surface area contributed by atoms with Crippen molar-refractivity contribution in [1.82, 2.24) is 19.5 Å². The summed E-state index contributed by atoms with van der Waals surface area (Å²) in [4.78, 5) is 12.7. The van der Waals surface area contributed by atoms with Gasteiger partial charge in [0.1, 0.15) is 11.3 Å². The van der Waals surface area contributed by atoms with E-state index >= 15 is 0 Å². The highest BCUT2D eigenvalue weighted by molar-refractivity contribution is 14.1. The van der Waals surface area contributed by atoms with Crippen molar-refractivity contribution < 1.29 is 18.6 Å². The molecule has 1 aliphatic rings. The van der Waals surface area contributed by atoms with Crippen LogP contribution in [0.3, 0.4) is 0 Å². The summed E-state index contributed by atoms with van der Waals surface area (Å²) < 4.78 is 33.1. The Hall–Kier alpha value is -2.01. The van der Waals surface area contributed by atoms with Crippen LogP contribution >= 0.6 is 22.6 Å². The number of methoxy groups -OCH3 is 1. The molecule has 0 unspecified atom stereocenters. The van der Waals surface area contributed by atoms with Gasteiger partial charge in [0.05, 0.1) is 5.69 Å². The molecule has 3 aromatic rings. The Bertz CT molecular complexity index is 1040. The molecule has 1 aromatic carbocycles. The molecular weight excluding hydrogens is 490 g/mol. The predicted molar refractivity (Wildman–Crippen MR) is 114 cm³/mol. The summed E-state index contributed by atoms with van der Waals surface area (Å²) >= 11 is 2.29. The van der Waals surface area contributed by atoms with Crippen LogP contribution in [0.1, 0.15) is 36.3 Å². The molecule has 9 heteroatoms. The molecule has 0 saturated carbocycles. The van der Waals surface area contributed by atoms with E-state index in [0.717, 1.165) is 52.3 Å². The van der Waals surface area contributed by atoms with Crippen molar-refractivity contribution >= 4 is 33.8 Å². The van der Waals surface area contributed by atoms with Crippen LogP contribution in [0.5, 0.6) is 11.5 Å². The average Bonchev–Trinajstić information content (AvgIpc) is 3.26. The number of halogens is 2. The van der Waals surface area contributed by atoms with Crippen LogP contribution < -0.4 is 9.47 Å². The van der Waals surface area contributed by atoms with Crippen molar-refractivity contribution in [2.75, 3.05) is 20.5 Å². The van der Waals surface area contributed by atoms with Gasteiger partial charge in [-0.15, -0.1) is 0 Å². The summed E-state index contributed by atoms with van der Waals surface area (Å²) in [7, 11) is 1.71. The van der Waals surface area contributed by atoms with Crippen molar-refractivity contribution in [3.63, 3.8) is 0 Å². The molecule has 29 heavy (non-hydrogen) atoms. The second-order valence-electron chi connectivity index (χ2n) is 6.96.